The van der Waals surface area contributed by atoms with E-state index >= 15 is 0 Å². The van der Waals surface area contributed by atoms with Gasteiger partial charge in [-0.05, 0) is 37.6 Å². The third-order valence-corrected chi connectivity index (χ3v) is 3.82. The van der Waals surface area contributed by atoms with E-state index in [1.165, 1.54) is 31.2 Å². The summed E-state index contributed by atoms with van der Waals surface area (Å²) in [6.07, 6.45) is -0.814. The molecule has 0 aliphatic heterocycles. The second kappa shape index (κ2) is 5.56. The van der Waals surface area contributed by atoms with Crippen LogP contribution in [0.3, 0.4) is 0 Å². The number of aryl methyl sites for hydroxylation is 1. The number of hydrogen-bond donors (Lipinski definition) is 1. The molecule has 0 amide bonds. The third-order valence-electron chi connectivity index (χ3n) is 2.65. The molecule has 0 fully saturated rings. The topological polar surface area (TPSA) is 72.6 Å². The highest BCUT2D eigenvalue weighted by molar-refractivity contribution is 7.14. The molecule has 0 saturated carbocycles. The predicted molar refractivity (Wildman–Crippen MR) is 72.8 cm³/mol. The maximum atomic E-state index is 13.0. The lowest BCUT2D eigenvalue weighted by Crippen LogP contribution is -1.91. The van der Waals surface area contributed by atoms with Crippen molar-refractivity contribution in [1.29, 1.82) is 0 Å². The molecule has 1 aromatic heterocycles. The minimum absolute atomic E-state index is 0.0700. The van der Waals surface area contributed by atoms with Crippen LogP contribution in [-0.4, -0.2) is 10.0 Å². The highest BCUT2D eigenvalue weighted by atomic mass is 32.1. The number of benzene rings is 1. The Morgan fingerprint density at radius 1 is 1.45 bits per heavy atom. The molecule has 5 nitrogen and oxygen atoms in total. The number of nitrogens with zero attached hydrogens (tertiary/aromatic N) is 1. The Hall–Kier alpha value is -1.99. The number of thiophene rings is 1. The molecule has 106 valence electrons. The summed E-state index contributed by atoms with van der Waals surface area (Å²) in [4.78, 5) is 10.8. The van der Waals surface area contributed by atoms with Gasteiger partial charge in [0.2, 0.25) is 0 Å². The van der Waals surface area contributed by atoms with Crippen molar-refractivity contribution >= 4 is 17.0 Å². The Balaban J connectivity index is 2.39. The molecule has 1 heterocycles. The first-order valence-electron chi connectivity index (χ1n) is 5.78. The van der Waals surface area contributed by atoms with Gasteiger partial charge in [-0.1, -0.05) is 11.3 Å². The Morgan fingerprint density at radius 3 is 2.70 bits per heavy atom. The number of aliphatic hydroxyl groups excluding tert-OH is 1. The monoisotopic (exact) mass is 297 g/mol. The van der Waals surface area contributed by atoms with Gasteiger partial charge in [0.05, 0.1) is 11.0 Å². The van der Waals surface area contributed by atoms with Gasteiger partial charge in [0, 0.05) is 10.9 Å². The summed E-state index contributed by atoms with van der Waals surface area (Å²) in [5.74, 6) is -0.0614. The summed E-state index contributed by atoms with van der Waals surface area (Å²) in [6.45, 7) is 3.16. The lowest BCUT2D eigenvalue weighted by molar-refractivity contribution is -0.385. The van der Waals surface area contributed by atoms with Crippen molar-refractivity contribution in [2.75, 3.05) is 0 Å². The van der Waals surface area contributed by atoms with E-state index in [9.17, 15) is 19.6 Å². The van der Waals surface area contributed by atoms with Crippen LogP contribution >= 0.6 is 11.3 Å². The Bertz CT molecular complexity index is 654. The summed E-state index contributed by atoms with van der Waals surface area (Å²) >= 11 is 0.996. The van der Waals surface area contributed by atoms with E-state index in [0.717, 1.165) is 11.3 Å². The van der Waals surface area contributed by atoms with Crippen LogP contribution in [0.4, 0.5) is 10.1 Å². The molecule has 0 radical (unpaired) electrons. The van der Waals surface area contributed by atoms with E-state index < -0.39 is 16.8 Å². The van der Waals surface area contributed by atoms with Crippen LogP contribution in [0, 0.1) is 22.9 Å². The Labute approximate surface area is 118 Å². The molecule has 0 saturated heterocycles. The first-order chi connectivity index (χ1) is 9.38. The van der Waals surface area contributed by atoms with Crippen molar-refractivity contribution < 1.29 is 19.2 Å². The Morgan fingerprint density at radius 2 is 2.15 bits per heavy atom. The molecule has 1 N–H and O–H groups in total. The van der Waals surface area contributed by atoms with Gasteiger partial charge < -0.3 is 9.84 Å². The number of nitro groups is 1. The summed E-state index contributed by atoms with van der Waals surface area (Å²) in [5, 5.41) is 20.5. The molecular formula is C13H12FNO4S. The van der Waals surface area contributed by atoms with E-state index in [4.69, 9.17) is 4.74 Å². The van der Waals surface area contributed by atoms with Crippen LogP contribution in [0.2, 0.25) is 0 Å². The number of ether oxygens (including phenoxy) is 1. The summed E-state index contributed by atoms with van der Waals surface area (Å²) < 4.78 is 18.5. The number of rotatable bonds is 4. The van der Waals surface area contributed by atoms with Crippen molar-refractivity contribution in [2.24, 2.45) is 0 Å². The smallest absolute Gasteiger partial charge is 0.323 e. The van der Waals surface area contributed by atoms with Crippen LogP contribution in [-0.2, 0) is 0 Å². The van der Waals surface area contributed by atoms with Crippen molar-refractivity contribution in [3.63, 3.8) is 0 Å². The van der Waals surface area contributed by atoms with Gasteiger partial charge in [-0.3, -0.25) is 10.1 Å². The van der Waals surface area contributed by atoms with Gasteiger partial charge in [-0.2, -0.15) is 0 Å². The molecule has 0 aliphatic carbocycles. The average Bonchev–Trinajstić information content (AvgIpc) is 2.77. The largest absolute Gasteiger partial charge is 0.440 e. The predicted octanol–water partition coefficient (Wildman–Crippen LogP) is 3.95. The lowest BCUT2D eigenvalue weighted by Gasteiger charge is -2.06. The standard InChI is InChI=1S/C13H12FNO4S/c1-7-5-9(14)3-4-11(7)19-13-10(15(17)18)6-12(20-13)8(2)16/h3-6,8,16H,1-2H3/t8-/m1/s1. The van der Waals surface area contributed by atoms with E-state index in [2.05, 4.69) is 0 Å². The maximum absolute atomic E-state index is 13.0. The fraction of sp³-hybridized carbons (Fsp3) is 0.231. The zero-order valence-electron chi connectivity index (χ0n) is 10.8. The second-order valence-corrected chi connectivity index (χ2v) is 5.31. The SMILES string of the molecule is Cc1cc(F)ccc1Oc1sc([C@@H](C)O)cc1[N+](=O)[O-]. The summed E-state index contributed by atoms with van der Waals surface area (Å²) in [5.41, 5.74) is 0.320. The van der Waals surface area contributed by atoms with Crippen molar-refractivity contribution in [1.82, 2.24) is 0 Å². The number of halogens is 1. The molecular weight excluding hydrogens is 285 g/mol. The van der Waals surface area contributed by atoms with Crippen molar-refractivity contribution in [3.8, 4) is 10.8 Å². The molecule has 2 rings (SSSR count). The van der Waals surface area contributed by atoms with Gasteiger partial charge >= 0.3 is 5.69 Å². The van der Waals surface area contributed by atoms with Crippen LogP contribution < -0.4 is 4.74 Å². The van der Waals surface area contributed by atoms with E-state index in [0.29, 0.717) is 16.2 Å². The van der Waals surface area contributed by atoms with Crippen LogP contribution in [0.5, 0.6) is 10.8 Å². The number of aliphatic hydroxyl groups is 1. The minimum Gasteiger partial charge on any atom is -0.440 e. The molecule has 20 heavy (non-hydrogen) atoms. The van der Waals surface area contributed by atoms with Gasteiger partial charge in [0.1, 0.15) is 11.6 Å². The molecule has 2 aromatic rings. The zero-order chi connectivity index (χ0) is 14.9. The Kier molecular flexibility index (Phi) is 4.01. The first kappa shape index (κ1) is 14.4. The van der Waals surface area contributed by atoms with Gasteiger partial charge in [-0.15, -0.1) is 0 Å². The average molecular weight is 297 g/mol. The molecule has 0 unspecified atom stereocenters. The quantitative estimate of drug-likeness (QED) is 0.685. The lowest BCUT2D eigenvalue weighted by atomic mass is 10.2. The van der Waals surface area contributed by atoms with Gasteiger partial charge in [-0.25, -0.2) is 4.39 Å². The van der Waals surface area contributed by atoms with E-state index in [1.807, 2.05) is 0 Å². The third kappa shape index (κ3) is 2.94. The van der Waals surface area contributed by atoms with Crippen LogP contribution in [0.25, 0.3) is 0 Å². The molecule has 7 heteroatoms. The highest BCUT2D eigenvalue weighted by Gasteiger charge is 2.23. The maximum Gasteiger partial charge on any atom is 0.323 e. The first-order valence-corrected chi connectivity index (χ1v) is 6.60. The zero-order valence-corrected chi connectivity index (χ0v) is 11.6. The van der Waals surface area contributed by atoms with Crippen LogP contribution in [0.15, 0.2) is 24.3 Å². The summed E-state index contributed by atoms with van der Waals surface area (Å²) in [6, 6.07) is 5.20. The van der Waals surface area contributed by atoms with E-state index in [-0.39, 0.29) is 10.8 Å². The second-order valence-electron chi connectivity index (χ2n) is 4.27. The molecule has 1 atom stereocenters. The highest BCUT2D eigenvalue weighted by Crippen LogP contribution is 2.42. The molecule has 0 aliphatic rings. The fourth-order valence-corrected chi connectivity index (χ4v) is 2.54. The van der Waals surface area contributed by atoms with Crippen molar-refractivity contribution in [3.05, 3.63) is 50.6 Å². The van der Waals surface area contributed by atoms with Gasteiger partial charge in [0.15, 0.2) is 0 Å². The van der Waals surface area contributed by atoms with E-state index in [1.54, 1.807) is 6.92 Å². The molecule has 0 spiro atoms. The minimum atomic E-state index is -0.814. The van der Waals surface area contributed by atoms with Gasteiger partial charge in [0.25, 0.3) is 5.06 Å². The summed E-state index contributed by atoms with van der Waals surface area (Å²) in [7, 11) is 0. The fourth-order valence-electron chi connectivity index (χ4n) is 1.62. The normalized spacial score (nSPS) is 12.2. The van der Waals surface area contributed by atoms with Crippen LogP contribution in [0.1, 0.15) is 23.5 Å². The number of hydrogen-bond acceptors (Lipinski definition) is 5. The molecule has 1 aromatic carbocycles. The molecule has 0 bridgehead atoms. The van der Waals surface area contributed by atoms with Crippen molar-refractivity contribution in [2.45, 2.75) is 20.0 Å².